The molecule has 0 spiro atoms. The van der Waals surface area contributed by atoms with Crippen molar-refractivity contribution in [3.63, 3.8) is 0 Å². The summed E-state index contributed by atoms with van der Waals surface area (Å²) in [5.74, 6) is -0.544. The van der Waals surface area contributed by atoms with Crippen LogP contribution in [0.4, 0.5) is 0 Å². The average molecular weight is 194 g/mol. The Morgan fingerprint density at radius 1 is 1.62 bits per heavy atom. The van der Waals surface area contributed by atoms with Crippen molar-refractivity contribution in [2.24, 2.45) is 5.73 Å². The predicted molar refractivity (Wildman–Crippen MR) is 48.8 cm³/mol. The van der Waals surface area contributed by atoms with Crippen molar-refractivity contribution in [1.82, 2.24) is 14.4 Å². The Balaban J connectivity index is 2.82. The molecule has 6 heteroatoms. The molecule has 0 bridgehead atoms. The monoisotopic (exact) mass is 194 g/mol. The molecular weight excluding hydrogens is 188 g/mol. The zero-order chi connectivity index (χ0) is 9.42. The van der Waals surface area contributed by atoms with E-state index in [4.69, 9.17) is 5.73 Å². The summed E-state index contributed by atoms with van der Waals surface area (Å²) >= 11 is 4.05. The van der Waals surface area contributed by atoms with Gasteiger partial charge >= 0.3 is 0 Å². The molecule has 2 aromatic heterocycles. The molecule has 13 heavy (non-hydrogen) atoms. The van der Waals surface area contributed by atoms with Gasteiger partial charge in [0.05, 0.1) is 0 Å². The molecule has 2 aromatic rings. The van der Waals surface area contributed by atoms with Crippen molar-refractivity contribution in [3.8, 4) is 0 Å². The van der Waals surface area contributed by atoms with Crippen LogP contribution in [-0.2, 0) is 0 Å². The molecule has 0 saturated carbocycles. The number of imidazole rings is 1. The van der Waals surface area contributed by atoms with Crippen molar-refractivity contribution in [3.05, 3.63) is 24.3 Å². The first-order chi connectivity index (χ1) is 6.18. The molecule has 0 saturated heterocycles. The molecule has 1 amide bonds. The van der Waals surface area contributed by atoms with Gasteiger partial charge in [-0.15, -0.1) is 12.6 Å². The molecular formula is C7H6N4OS. The van der Waals surface area contributed by atoms with E-state index in [9.17, 15) is 4.79 Å². The van der Waals surface area contributed by atoms with Crippen LogP contribution in [0.3, 0.4) is 0 Å². The maximum Gasteiger partial charge on any atom is 0.254 e. The summed E-state index contributed by atoms with van der Waals surface area (Å²) in [5, 5.41) is 0.524. The number of carbonyl (C=O) groups excluding carboxylic acids is 1. The van der Waals surface area contributed by atoms with E-state index in [0.717, 1.165) is 0 Å². The third kappa shape index (κ3) is 1.25. The molecule has 2 N–H and O–H groups in total. The van der Waals surface area contributed by atoms with Crippen LogP contribution in [0.15, 0.2) is 23.7 Å². The minimum absolute atomic E-state index is 0.294. The van der Waals surface area contributed by atoms with Crippen molar-refractivity contribution < 1.29 is 4.79 Å². The van der Waals surface area contributed by atoms with E-state index >= 15 is 0 Å². The summed E-state index contributed by atoms with van der Waals surface area (Å²) in [6, 6.07) is 0. The van der Waals surface area contributed by atoms with Gasteiger partial charge in [-0.1, -0.05) is 0 Å². The quantitative estimate of drug-likeness (QED) is 0.633. The van der Waals surface area contributed by atoms with E-state index in [-0.39, 0.29) is 0 Å². The Kier molecular flexibility index (Phi) is 1.70. The fourth-order valence-electron chi connectivity index (χ4n) is 1.08. The highest BCUT2D eigenvalue weighted by Crippen LogP contribution is 2.10. The van der Waals surface area contributed by atoms with Gasteiger partial charge in [-0.3, -0.25) is 9.20 Å². The van der Waals surface area contributed by atoms with E-state index in [0.29, 0.717) is 16.2 Å². The Morgan fingerprint density at radius 3 is 3.08 bits per heavy atom. The zero-order valence-corrected chi connectivity index (χ0v) is 7.40. The van der Waals surface area contributed by atoms with Crippen molar-refractivity contribution in [1.29, 1.82) is 0 Å². The molecule has 2 rings (SSSR count). The molecule has 0 aliphatic carbocycles. The maximum absolute atomic E-state index is 10.9. The van der Waals surface area contributed by atoms with Crippen LogP contribution in [-0.4, -0.2) is 20.3 Å². The van der Waals surface area contributed by atoms with E-state index in [2.05, 4.69) is 22.6 Å². The Bertz CT molecular complexity index is 478. The summed E-state index contributed by atoms with van der Waals surface area (Å²) in [7, 11) is 0. The fraction of sp³-hybridized carbons (Fsp3) is 0. The van der Waals surface area contributed by atoms with Gasteiger partial charge in [0.1, 0.15) is 16.9 Å². The molecule has 5 nitrogen and oxygen atoms in total. The number of thiol groups is 1. The lowest BCUT2D eigenvalue weighted by atomic mass is 10.3. The SMILES string of the molecule is NC(=O)c1cncn2cc(S)nc12. The number of hydrogen-bond acceptors (Lipinski definition) is 4. The Hall–Kier alpha value is -1.56. The van der Waals surface area contributed by atoms with Crippen LogP contribution in [0.2, 0.25) is 0 Å². The van der Waals surface area contributed by atoms with Gasteiger partial charge in [-0.2, -0.15) is 0 Å². The zero-order valence-electron chi connectivity index (χ0n) is 6.51. The number of rotatable bonds is 1. The molecule has 0 radical (unpaired) electrons. The summed E-state index contributed by atoms with van der Waals surface area (Å²) in [6.07, 6.45) is 4.57. The molecule has 66 valence electrons. The third-order valence-corrected chi connectivity index (χ3v) is 1.84. The lowest BCUT2D eigenvalue weighted by Gasteiger charge is -1.96. The minimum atomic E-state index is -0.544. The number of nitrogens with two attached hydrogens (primary N) is 1. The number of carbonyl (C=O) groups is 1. The first kappa shape index (κ1) is 8.06. The lowest BCUT2D eigenvalue weighted by Crippen LogP contribution is -2.13. The van der Waals surface area contributed by atoms with E-state index in [1.165, 1.54) is 12.5 Å². The molecule has 0 aromatic carbocycles. The molecule has 0 unspecified atom stereocenters. The van der Waals surface area contributed by atoms with Gasteiger partial charge < -0.3 is 5.73 Å². The molecule has 0 aliphatic rings. The number of aromatic nitrogens is 3. The Labute approximate surface area is 79.0 Å². The topological polar surface area (TPSA) is 73.3 Å². The summed E-state index contributed by atoms with van der Waals surface area (Å²) < 4.78 is 1.60. The highest BCUT2D eigenvalue weighted by atomic mass is 32.1. The summed E-state index contributed by atoms with van der Waals surface area (Å²) in [4.78, 5) is 18.8. The molecule has 0 fully saturated rings. The van der Waals surface area contributed by atoms with Crippen LogP contribution in [0.25, 0.3) is 5.65 Å². The number of nitrogens with zero attached hydrogens (tertiary/aromatic N) is 3. The summed E-state index contributed by atoms with van der Waals surface area (Å²) in [5.41, 5.74) is 5.91. The Morgan fingerprint density at radius 2 is 2.38 bits per heavy atom. The second kappa shape index (κ2) is 2.74. The van der Waals surface area contributed by atoms with Crippen LogP contribution in [0, 0.1) is 0 Å². The van der Waals surface area contributed by atoms with Gasteiger partial charge in [0.2, 0.25) is 0 Å². The largest absolute Gasteiger partial charge is 0.365 e. The van der Waals surface area contributed by atoms with Crippen LogP contribution in [0.5, 0.6) is 0 Å². The fourth-order valence-corrected chi connectivity index (χ4v) is 1.30. The van der Waals surface area contributed by atoms with Crippen molar-refractivity contribution in [2.45, 2.75) is 5.03 Å². The maximum atomic E-state index is 10.9. The number of primary amides is 1. The predicted octanol–water partition coefficient (Wildman–Crippen LogP) is 0.117. The molecule has 0 atom stereocenters. The normalized spacial score (nSPS) is 10.5. The smallest absolute Gasteiger partial charge is 0.254 e. The van der Waals surface area contributed by atoms with Crippen LogP contribution >= 0.6 is 12.6 Å². The van der Waals surface area contributed by atoms with Gasteiger partial charge in [-0.05, 0) is 0 Å². The lowest BCUT2D eigenvalue weighted by molar-refractivity contribution is 0.100. The number of amides is 1. The standard InChI is InChI=1S/C7H6N4OS/c8-6(12)4-1-9-3-11-2-5(13)10-7(4)11/h1-3,13H,(H2,8,12). The molecule has 2 heterocycles. The first-order valence-electron chi connectivity index (χ1n) is 3.50. The van der Waals surface area contributed by atoms with Gasteiger partial charge in [0.15, 0.2) is 5.65 Å². The second-order valence-electron chi connectivity index (χ2n) is 2.50. The van der Waals surface area contributed by atoms with E-state index in [1.54, 1.807) is 10.6 Å². The van der Waals surface area contributed by atoms with Gasteiger partial charge in [-0.25, -0.2) is 9.97 Å². The van der Waals surface area contributed by atoms with Crippen molar-refractivity contribution in [2.75, 3.05) is 0 Å². The van der Waals surface area contributed by atoms with E-state index in [1.807, 2.05) is 0 Å². The minimum Gasteiger partial charge on any atom is -0.365 e. The number of hydrogen-bond donors (Lipinski definition) is 2. The highest BCUT2D eigenvalue weighted by molar-refractivity contribution is 7.80. The van der Waals surface area contributed by atoms with Gasteiger partial charge in [0.25, 0.3) is 5.91 Å². The van der Waals surface area contributed by atoms with Gasteiger partial charge in [0, 0.05) is 12.4 Å². The third-order valence-electron chi connectivity index (χ3n) is 1.62. The van der Waals surface area contributed by atoms with Crippen molar-refractivity contribution >= 4 is 24.2 Å². The van der Waals surface area contributed by atoms with Crippen LogP contribution < -0.4 is 5.73 Å². The van der Waals surface area contributed by atoms with E-state index < -0.39 is 5.91 Å². The summed E-state index contributed by atoms with van der Waals surface area (Å²) in [6.45, 7) is 0. The molecule has 0 aliphatic heterocycles. The highest BCUT2D eigenvalue weighted by Gasteiger charge is 2.09. The van der Waals surface area contributed by atoms with Crippen LogP contribution in [0.1, 0.15) is 10.4 Å². The first-order valence-corrected chi connectivity index (χ1v) is 3.94. The average Bonchev–Trinajstić information content (AvgIpc) is 2.43. The number of fused-ring (bicyclic) bond motifs is 1. The second-order valence-corrected chi connectivity index (χ2v) is 2.96.